The Kier molecular flexibility index (Phi) is 10.9. The molecule has 6 heteroatoms. The van der Waals surface area contributed by atoms with Crippen LogP contribution in [0.5, 0.6) is 0 Å². The van der Waals surface area contributed by atoms with Gasteiger partial charge < -0.3 is 28.4 Å². The van der Waals surface area contributed by atoms with Gasteiger partial charge in [-0.15, -0.1) is 0 Å². The van der Waals surface area contributed by atoms with Gasteiger partial charge in [-0.1, -0.05) is 182 Å². The standard InChI is InChI=1S/C46H42O6/c1-7-19-33(20-8-1)41(34-21-9-2-10-22-34)49-39-31-47-45(37-27-15-5-16-28-37)51-43(39)44-40(32-48-46(52-44)38-29-17-6-18-30-38)50-42(35-23-11-3-12-24-35)36-25-13-4-14-26-36/h1-30,39-46H,31-32H2/t39-,40-,43-,44-,45?,46?/m1/s1. The maximum Gasteiger partial charge on any atom is 0.184 e. The fourth-order valence-corrected chi connectivity index (χ4v) is 7.03. The van der Waals surface area contributed by atoms with Crippen molar-refractivity contribution in [1.29, 1.82) is 0 Å². The largest absolute Gasteiger partial charge is 0.360 e. The van der Waals surface area contributed by atoms with Crippen LogP contribution in [0.15, 0.2) is 182 Å². The molecule has 0 aromatic heterocycles. The predicted molar refractivity (Wildman–Crippen MR) is 199 cm³/mol. The average Bonchev–Trinajstić information content (AvgIpc) is 3.24. The zero-order chi connectivity index (χ0) is 35.0. The average molecular weight is 691 g/mol. The Morgan fingerprint density at radius 1 is 0.365 bits per heavy atom. The summed E-state index contributed by atoms with van der Waals surface area (Å²) in [4.78, 5) is 0. The molecule has 2 heterocycles. The molecule has 6 nitrogen and oxygen atoms in total. The molecule has 2 aliphatic heterocycles. The lowest BCUT2D eigenvalue weighted by Gasteiger charge is -2.46. The summed E-state index contributed by atoms with van der Waals surface area (Å²) in [5, 5.41) is 0. The Balaban J connectivity index is 1.19. The van der Waals surface area contributed by atoms with Crippen LogP contribution in [0.3, 0.4) is 0 Å². The van der Waals surface area contributed by atoms with Gasteiger partial charge in [0.2, 0.25) is 0 Å². The van der Waals surface area contributed by atoms with Crippen molar-refractivity contribution >= 4 is 0 Å². The lowest BCUT2D eigenvalue weighted by Crippen LogP contribution is -2.57. The molecule has 0 radical (unpaired) electrons. The van der Waals surface area contributed by atoms with Crippen molar-refractivity contribution in [2.45, 2.75) is 49.2 Å². The van der Waals surface area contributed by atoms with E-state index in [-0.39, 0.29) is 25.4 Å². The molecule has 2 aliphatic rings. The first-order valence-electron chi connectivity index (χ1n) is 17.9. The zero-order valence-corrected chi connectivity index (χ0v) is 28.8. The maximum atomic E-state index is 7.15. The molecule has 0 bridgehead atoms. The second kappa shape index (κ2) is 16.6. The van der Waals surface area contributed by atoms with E-state index in [0.717, 1.165) is 33.4 Å². The number of hydrogen-bond donors (Lipinski definition) is 0. The van der Waals surface area contributed by atoms with E-state index in [1.165, 1.54) is 0 Å². The Labute approximate surface area is 305 Å². The second-order valence-corrected chi connectivity index (χ2v) is 13.1. The van der Waals surface area contributed by atoms with Crippen LogP contribution in [0.1, 0.15) is 58.2 Å². The van der Waals surface area contributed by atoms with Gasteiger partial charge in [0.15, 0.2) is 12.6 Å². The third kappa shape index (κ3) is 7.93. The van der Waals surface area contributed by atoms with Gasteiger partial charge in [0.25, 0.3) is 0 Å². The summed E-state index contributed by atoms with van der Waals surface area (Å²) in [7, 11) is 0. The molecule has 2 fully saturated rings. The van der Waals surface area contributed by atoms with Crippen LogP contribution in [-0.4, -0.2) is 37.6 Å². The molecule has 8 rings (SSSR count). The van der Waals surface area contributed by atoms with E-state index in [9.17, 15) is 0 Å². The lowest BCUT2D eigenvalue weighted by atomic mass is 9.96. The van der Waals surface area contributed by atoms with E-state index < -0.39 is 37.0 Å². The predicted octanol–water partition coefficient (Wildman–Crippen LogP) is 9.56. The smallest absolute Gasteiger partial charge is 0.184 e. The molecule has 0 saturated carbocycles. The summed E-state index contributed by atoms with van der Waals surface area (Å²) in [6.45, 7) is 0.565. The first-order chi connectivity index (χ1) is 25.8. The van der Waals surface area contributed by atoms with E-state index in [1.807, 2.05) is 133 Å². The van der Waals surface area contributed by atoms with Gasteiger partial charge in [-0.05, 0) is 22.3 Å². The fraction of sp³-hybridized carbons (Fsp3) is 0.217. The minimum absolute atomic E-state index is 0.282. The monoisotopic (exact) mass is 690 g/mol. The first-order valence-corrected chi connectivity index (χ1v) is 17.9. The normalized spacial score (nSPS) is 23.4. The minimum Gasteiger partial charge on any atom is -0.360 e. The first kappa shape index (κ1) is 34.2. The third-order valence-corrected chi connectivity index (χ3v) is 9.62. The van der Waals surface area contributed by atoms with Crippen molar-refractivity contribution in [2.24, 2.45) is 0 Å². The van der Waals surface area contributed by atoms with Crippen molar-refractivity contribution in [3.05, 3.63) is 215 Å². The molecule has 262 valence electrons. The molecular weight excluding hydrogens is 649 g/mol. The van der Waals surface area contributed by atoms with Crippen LogP contribution in [0.25, 0.3) is 0 Å². The van der Waals surface area contributed by atoms with Gasteiger partial charge in [0, 0.05) is 11.1 Å². The van der Waals surface area contributed by atoms with Crippen LogP contribution in [0, 0.1) is 0 Å². The Hall–Kier alpha value is -4.92. The van der Waals surface area contributed by atoms with Crippen molar-refractivity contribution in [3.8, 4) is 0 Å². The van der Waals surface area contributed by atoms with E-state index >= 15 is 0 Å². The number of rotatable bonds is 11. The van der Waals surface area contributed by atoms with E-state index in [1.54, 1.807) is 0 Å². The quantitative estimate of drug-likeness (QED) is 0.135. The van der Waals surface area contributed by atoms with Crippen LogP contribution < -0.4 is 0 Å². The van der Waals surface area contributed by atoms with E-state index in [0.29, 0.717) is 0 Å². The van der Waals surface area contributed by atoms with Crippen molar-refractivity contribution in [1.82, 2.24) is 0 Å². The molecule has 0 spiro atoms. The summed E-state index contributed by atoms with van der Waals surface area (Å²) in [6.07, 6.45) is -4.24. The lowest BCUT2D eigenvalue weighted by molar-refractivity contribution is -0.344. The summed E-state index contributed by atoms with van der Waals surface area (Å²) in [5.74, 6) is 0. The molecule has 2 unspecified atom stereocenters. The zero-order valence-electron chi connectivity index (χ0n) is 28.8. The molecular formula is C46H42O6. The maximum absolute atomic E-state index is 7.15. The fourth-order valence-electron chi connectivity index (χ4n) is 7.03. The van der Waals surface area contributed by atoms with Crippen LogP contribution in [-0.2, 0) is 28.4 Å². The van der Waals surface area contributed by atoms with Gasteiger partial charge in [-0.2, -0.15) is 0 Å². The van der Waals surface area contributed by atoms with Crippen molar-refractivity contribution in [2.75, 3.05) is 13.2 Å². The Morgan fingerprint density at radius 3 is 0.923 bits per heavy atom. The Morgan fingerprint density at radius 2 is 0.635 bits per heavy atom. The molecule has 0 aliphatic carbocycles. The highest BCUT2D eigenvalue weighted by molar-refractivity contribution is 5.32. The molecule has 52 heavy (non-hydrogen) atoms. The Bertz CT molecular complexity index is 1710. The second-order valence-electron chi connectivity index (χ2n) is 13.1. The number of benzene rings is 6. The van der Waals surface area contributed by atoms with E-state index in [4.69, 9.17) is 28.4 Å². The van der Waals surface area contributed by atoms with Crippen LogP contribution >= 0.6 is 0 Å². The number of ether oxygens (including phenoxy) is 6. The molecule has 6 aromatic rings. The third-order valence-electron chi connectivity index (χ3n) is 9.62. The minimum atomic E-state index is -0.626. The molecule has 6 atom stereocenters. The van der Waals surface area contributed by atoms with Crippen molar-refractivity contribution in [3.63, 3.8) is 0 Å². The summed E-state index contributed by atoms with van der Waals surface area (Å²) in [6, 6.07) is 61.1. The SMILES string of the molecule is c1ccc(C2OC[C@@H](OC(c3ccccc3)c3ccccc3)[C@H]([C@@H]3OC(c4ccccc4)OC[C@H]3OC(c3ccccc3)c3ccccc3)O2)cc1. The summed E-state index contributed by atoms with van der Waals surface area (Å²) >= 11 is 0. The highest BCUT2D eigenvalue weighted by Crippen LogP contribution is 2.41. The molecule has 6 aromatic carbocycles. The topological polar surface area (TPSA) is 55.4 Å². The van der Waals surface area contributed by atoms with Gasteiger partial charge >= 0.3 is 0 Å². The summed E-state index contributed by atoms with van der Waals surface area (Å²) < 4.78 is 41.2. The van der Waals surface area contributed by atoms with Crippen LogP contribution in [0.2, 0.25) is 0 Å². The van der Waals surface area contributed by atoms with Crippen molar-refractivity contribution < 1.29 is 28.4 Å². The van der Waals surface area contributed by atoms with Gasteiger partial charge in [0.05, 0.1) is 13.2 Å². The highest BCUT2D eigenvalue weighted by Gasteiger charge is 2.48. The molecule has 0 amide bonds. The van der Waals surface area contributed by atoms with E-state index in [2.05, 4.69) is 48.5 Å². The number of hydrogen-bond acceptors (Lipinski definition) is 6. The van der Waals surface area contributed by atoms with Gasteiger partial charge in [0.1, 0.15) is 36.6 Å². The molecule has 0 N–H and O–H groups in total. The van der Waals surface area contributed by atoms with Crippen LogP contribution in [0.4, 0.5) is 0 Å². The summed E-state index contributed by atoms with van der Waals surface area (Å²) in [5.41, 5.74) is 5.98. The molecule has 2 saturated heterocycles. The van der Waals surface area contributed by atoms with Gasteiger partial charge in [-0.25, -0.2) is 0 Å². The highest BCUT2D eigenvalue weighted by atomic mass is 16.7. The van der Waals surface area contributed by atoms with Gasteiger partial charge in [-0.3, -0.25) is 0 Å².